The topological polar surface area (TPSA) is 91.4 Å². The van der Waals surface area contributed by atoms with Crippen LogP contribution in [0.15, 0.2) is 29.2 Å². The van der Waals surface area contributed by atoms with E-state index in [0.29, 0.717) is 17.3 Å². The molecule has 3 aromatic rings. The van der Waals surface area contributed by atoms with Crippen molar-refractivity contribution in [1.29, 1.82) is 5.26 Å². The molecule has 0 amide bonds. The molecule has 0 saturated carbocycles. The van der Waals surface area contributed by atoms with Crippen molar-refractivity contribution in [2.75, 3.05) is 0 Å². The Labute approximate surface area is 115 Å². The van der Waals surface area contributed by atoms with Gasteiger partial charge in [-0.05, 0) is 12.5 Å². The predicted molar refractivity (Wildman–Crippen MR) is 72.6 cm³/mol. The molecule has 6 nitrogen and oxygen atoms in total. The first-order valence-electron chi connectivity index (χ1n) is 6.47. The Hall–Kier alpha value is -2.68. The number of nitriles is 1. The van der Waals surface area contributed by atoms with Gasteiger partial charge in [0.15, 0.2) is 5.76 Å². The van der Waals surface area contributed by atoms with Crippen molar-refractivity contribution in [2.45, 2.75) is 25.7 Å². The Balaban J connectivity index is 2.02. The molecule has 0 aliphatic rings. The van der Waals surface area contributed by atoms with Gasteiger partial charge in [0.25, 0.3) is 0 Å². The van der Waals surface area contributed by atoms with Gasteiger partial charge in [-0.15, -0.1) is 0 Å². The maximum absolute atomic E-state index is 9.15. The smallest absolute Gasteiger partial charge is 0.212 e. The van der Waals surface area contributed by atoms with Gasteiger partial charge in [-0.3, -0.25) is 0 Å². The van der Waals surface area contributed by atoms with Crippen LogP contribution in [0.5, 0.6) is 0 Å². The van der Waals surface area contributed by atoms with Crippen LogP contribution < -0.4 is 0 Å². The number of rotatable bonds is 4. The number of aromatic amines is 1. The summed E-state index contributed by atoms with van der Waals surface area (Å²) in [5.74, 6) is 0.701. The highest BCUT2D eigenvalue weighted by Gasteiger charge is 2.18. The Morgan fingerprint density at radius 2 is 2.30 bits per heavy atom. The van der Waals surface area contributed by atoms with E-state index >= 15 is 0 Å². The average molecular weight is 267 g/mol. The summed E-state index contributed by atoms with van der Waals surface area (Å²) in [4.78, 5) is 15.6. The van der Waals surface area contributed by atoms with Crippen LogP contribution in [0.3, 0.4) is 0 Å². The van der Waals surface area contributed by atoms with Crippen molar-refractivity contribution >= 4 is 11.0 Å². The fraction of sp³-hybridized carbons (Fsp3) is 0.286. The average Bonchev–Trinajstić information content (AvgIpc) is 3.12. The van der Waals surface area contributed by atoms with E-state index in [4.69, 9.17) is 9.68 Å². The summed E-state index contributed by atoms with van der Waals surface area (Å²) in [7, 11) is 0. The zero-order chi connectivity index (χ0) is 13.9. The lowest BCUT2D eigenvalue weighted by Gasteiger charge is -2.01. The molecule has 20 heavy (non-hydrogen) atoms. The zero-order valence-electron chi connectivity index (χ0n) is 11.0. The summed E-state index contributed by atoms with van der Waals surface area (Å²) < 4.78 is 5.72. The number of fused-ring (bicyclic) bond motifs is 1. The highest BCUT2D eigenvalue weighted by Crippen LogP contribution is 2.28. The third-order valence-electron chi connectivity index (χ3n) is 3.14. The van der Waals surface area contributed by atoms with E-state index in [2.05, 4.69) is 26.0 Å². The predicted octanol–water partition coefficient (Wildman–Crippen LogP) is 3.02. The molecule has 6 heteroatoms. The minimum absolute atomic E-state index is 0.308. The number of oxazole rings is 1. The van der Waals surface area contributed by atoms with Crippen LogP contribution in [-0.2, 0) is 0 Å². The van der Waals surface area contributed by atoms with Crippen molar-refractivity contribution in [3.05, 3.63) is 30.7 Å². The first-order valence-corrected chi connectivity index (χ1v) is 6.47. The molecule has 0 aliphatic heterocycles. The minimum Gasteiger partial charge on any atom is -0.438 e. The van der Waals surface area contributed by atoms with Gasteiger partial charge in [0.1, 0.15) is 23.6 Å². The number of hydrogen-bond acceptors (Lipinski definition) is 5. The second kappa shape index (κ2) is 5.13. The van der Waals surface area contributed by atoms with Gasteiger partial charge in [0.2, 0.25) is 5.89 Å². The maximum atomic E-state index is 9.15. The molecule has 100 valence electrons. The van der Waals surface area contributed by atoms with Crippen LogP contribution in [0.1, 0.15) is 31.6 Å². The number of H-pyrrole nitrogens is 1. The molecule has 1 unspecified atom stereocenters. The molecule has 0 radical (unpaired) electrons. The number of hydrogen-bond donors (Lipinski definition) is 1. The fourth-order valence-electron chi connectivity index (χ4n) is 2.16. The Kier molecular flexibility index (Phi) is 3.17. The summed E-state index contributed by atoms with van der Waals surface area (Å²) in [6.45, 7) is 2.03. The van der Waals surface area contributed by atoms with Crippen molar-refractivity contribution in [1.82, 2.24) is 19.9 Å². The van der Waals surface area contributed by atoms with Gasteiger partial charge in [-0.25, -0.2) is 15.0 Å². The Morgan fingerprint density at radius 3 is 3.10 bits per heavy atom. The van der Waals surface area contributed by atoms with Crippen LogP contribution in [0.2, 0.25) is 0 Å². The van der Waals surface area contributed by atoms with Gasteiger partial charge in [0, 0.05) is 11.6 Å². The zero-order valence-corrected chi connectivity index (χ0v) is 11.0. The van der Waals surface area contributed by atoms with Gasteiger partial charge in [0.05, 0.1) is 12.3 Å². The van der Waals surface area contributed by atoms with Gasteiger partial charge < -0.3 is 9.40 Å². The highest BCUT2D eigenvalue weighted by atomic mass is 16.4. The normalized spacial score (nSPS) is 12.4. The summed E-state index contributed by atoms with van der Waals surface area (Å²) in [5.41, 5.74) is 1.43. The van der Waals surface area contributed by atoms with Crippen LogP contribution in [0, 0.1) is 11.3 Å². The molecule has 0 fully saturated rings. The monoisotopic (exact) mass is 267 g/mol. The second-order valence-corrected chi connectivity index (χ2v) is 4.50. The molecule has 3 aromatic heterocycles. The lowest BCUT2D eigenvalue weighted by Crippen LogP contribution is -1.94. The first-order chi connectivity index (χ1) is 9.83. The summed E-state index contributed by atoms with van der Waals surface area (Å²) in [5, 5.41) is 10.0. The highest BCUT2D eigenvalue weighted by molar-refractivity contribution is 5.88. The largest absolute Gasteiger partial charge is 0.438 e. The molecule has 3 rings (SSSR count). The molecule has 1 N–H and O–H groups in total. The molecule has 0 aliphatic carbocycles. The van der Waals surface area contributed by atoms with E-state index in [0.717, 1.165) is 23.9 Å². The Bertz CT molecular complexity index is 767. The molecular weight excluding hydrogens is 254 g/mol. The van der Waals surface area contributed by atoms with Crippen molar-refractivity contribution in [3.63, 3.8) is 0 Å². The van der Waals surface area contributed by atoms with Gasteiger partial charge >= 0.3 is 0 Å². The van der Waals surface area contributed by atoms with E-state index in [1.54, 1.807) is 12.4 Å². The van der Waals surface area contributed by atoms with Gasteiger partial charge in [-0.1, -0.05) is 13.3 Å². The SMILES string of the molecule is CCCC(C#N)c1ncc(-c2ncnc3[nH]ccc23)o1. The number of nitrogens with one attached hydrogen (secondary N) is 1. The van der Waals surface area contributed by atoms with E-state index in [1.165, 1.54) is 6.33 Å². The molecule has 0 aromatic carbocycles. The summed E-state index contributed by atoms with van der Waals surface area (Å²) in [6, 6.07) is 4.11. The molecular formula is C14H13N5O. The minimum atomic E-state index is -0.308. The van der Waals surface area contributed by atoms with E-state index in [-0.39, 0.29) is 5.92 Å². The molecule has 3 heterocycles. The van der Waals surface area contributed by atoms with Crippen molar-refractivity contribution in [3.8, 4) is 17.5 Å². The van der Waals surface area contributed by atoms with Crippen LogP contribution in [0.25, 0.3) is 22.5 Å². The molecule has 1 atom stereocenters. The van der Waals surface area contributed by atoms with Crippen LogP contribution >= 0.6 is 0 Å². The molecule has 0 bridgehead atoms. The number of nitrogens with zero attached hydrogens (tertiary/aromatic N) is 4. The summed E-state index contributed by atoms with van der Waals surface area (Å²) >= 11 is 0. The van der Waals surface area contributed by atoms with Crippen LogP contribution in [0.4, 0.5) is 0 Å². The second-order valence-electron chi connectivity index (χ2n) is 4.50. The van der Waals surface area contributed by atoms with Crippen LogP contribution in [-0.4, -0.2) is 19.9 Å². The van der Waals surface area contributed by atoms with E-state index < -0.39 is 0 Å². The summed E-state index contributed by atoms with van der Waals surface area (Å²) in [6.07, 6.45) is 6.54. The molecule has 0 saturated heterocycles. The standard InChI is InChI=1S/C14H13N5O/c1-2-3-9(6-15)14-17-7-11(20-14)12-10-4-5-16-13(10)19-8-18-12/h4-5,7-9H,2-3H2,1H3,(H,16,18,19). The fourth-order valence-corrected chi connectivity index (χ4v) is 2.16. The maximum Gasteiger partial charge on any atom is 0.212 e. The first kappa shape index (κ1) is 12.4. The van der Waals surface area contributed by atoms with E-state index in [1.807, 2.05) is 13.0 Å². The Morgan fingerprint density at radius 1 is 1.40 bits per heavy atom. The molecule has 0 spiro atoms. The quantitative estimate of drug-likeness (QED) is 0.784. The lowest BCUT2D eigenvalue weighted by atomic mass is 10.1. The lowest BCUT2D eigenvalue weighted by molar-refractivity contribution is 0.474. The third kappa shape index (κ3) is 2.03. The third-order valence-corrected chi connectivity index (χ3v) is 3.14. The number of aromatic nitrogens is 4. The van der Waals surface area contributed by atoms with E-state index in [9.17, 15) is 0 Å². The van der Waals surface area contributed by atoms with Crippen molar-refractivity contribution < 1.29 is 4.42 Å². The van der Waals surface area contributed by atoms with Gasteiger partial charge in [-0.2, -0.15) is 5.26 Å². The van der Waals surface area contributed by atoms with Crippen molar-refractivity contribution in [2.24, 2.45) is 0 Å².